The molecule has 29 heavy (non-hydrogen) atoms. The van der Waals surface area contributed by atoms with Crippen LogP contribution in [-0.2, 0) is 20.9 Å². The molecule has 2 amide bonds. The molecule has 0 aromatic heterocycles. The molecule has 2 fully saturated rings. The standard InChI is InChI=1S/C22H24ClN3O3/c23-18-7-4-8-19(13-18)24-9-11-25(12-10-24)22(28)20-15-29-16-21(27)26(20)14-17-5-2-1-3-6-17/h1-8,13,20H,9-12,14-16H2/t20-/m0/s1. The highest BCUT2D eigenvalue weighted by atomic mass is 35.5. The molecule has 0 N–H and O–H groups in total. The molecule has 7 heteroatoms. The summed E-state index contributed by atoms with van der Waals surface area (Å²) in [6, 6.07) is 16.9. The van der Waals surface area contributed by atoms with Crippen LogP contribution in [0.3, 0.4) is 0 Å². The lowest BCUT2D eigenvalue weighted by atomic mass is 10.1. The summed E-state index contributed by atoms with van der Waals surface area (Å²) in [4.78, 5) is 31.4. The van der Waals surface area contributed by atoms with Gasteiger partial charge in [0, 0.05) is 43.4 Å². The molecule has 2 aromatic rings. The summed E-state index contributed by atoms with van der Waals surface area (Å²) < 4.78 is 5.41. The minimum Gasteiger partial charge on any atom is -0.369 e. The Morgan fingerprint density at radius 3 is 2.52 bits per heavy atom. The summed E-state index contributed by atoms with van der Waals surface area (Å²) in [7, 11) is 0. The highest BCUT2D eigenvalue weighted by Gasteiger charge is 2.37. The van der Waals surface area contributed by atoms with Crippen LogP contribution in [-0.4, -0.2) is 67.0 Å². The number of carbonyl (C=O) groups is 2. The van der Waals surface area contributed by atoms with Crippen molar-refractivity contribution < 1.29 is 14.3 Å². The third kappa shape index (κ3) is 4.54. The first-order chi connectivity index (χ1) is 14.1. The number of benzene rings is 2. The normalized spacial score (nSPS) is 20.1. The Labute approximate surface area is 175 Å². The van der Waals surface area contributed by atoms with Gasteiger partial charge >= 0.3 is 0 Å². The second-order valence-electron chi connectivity index (χ2n) is 7.33. The van der Waals surface area contributed by atoms with Crippen LogP contribution >= 0.6 is 11.6 Å². The molecule has 2 aliphatic heterocycles. The lowest BCUT2D eigenvalue weighted by molar-refractivity contribution is -0.160. The lowest BCUT2D eigenvalue weighted by Crippen LogP contribution is -2.59. The maximum Gasteiger partial charge on any atom is 0.249 e. The van der Waals surface area contributed by atoms with E-state index in [1.807, 2.05) is 59.5 Å². The van der Waals surface area contributed by atoms with E-state index in [-0.39, 0.29) is 25.0 Å². The second kappa shape index (κ2) is 8.84. The van der Waals surface area contributed by atoms with Gasteiger partial charge in [0.15, 0.2) is 0 Å². The third-order valence-corrected chi connectivity index (χ3v) is 5.68. The molecule has 0 spiro atoms. The minimum absolute atomic E-state index is 0.0269. The molecule has 2 saturated heterocycles. The largest absolute Gasteiger partial charge is 0.369 e. The smallest absolute Gasteiger partial charge is 0.249 e. The van der Waals surface area contributed by atoms with Gasteiger partial charge in [-0.1, -0.05) is 48.0 Å². The first kappa shape index (κ1) is 19.7. The Morgan fingerprint density at radius 2 is 1.79 bits per heavy atom. The fourth-order valence-electron chi connectivity index (χ4n) is 3.86. The van der Waals surface area contributed by atoms with Crippen molar-refractivity contribution in [2.45, 2.75) is 12.6 Å². The molecule has 0 saturated carbocycles. The predicted octanol–water partition coefficient (Wildman–Crippen LogP) is 2.42. The van der Waals surface area contributed by atoms with Gasteiger partial charge in [-0.05, 0) is 23.8 Å². The van der Waals surface area contributed by atoms with Gasteiger partial charge in [0.25, 0.3) is 0 Å². The number of nitrogens with zero attached hydrogens (tertiary/aromatic N) is 3. The van der Waals surface area contributed by atoms with Crippen LogP contribution in [0.2, 0.25) is 5.02 Å². The number of carbonyl (C=O) groups excluding carboxylic acids is 2. The Kier molecular flexibility index (Phi) is 6.02. The topological polar surface area (TPSA) is 53.1 Å². The Bertz CT molecular complexity index is 869. The van der Waals surface area contributed by atoms with Crippen molar-refractivity contribution in [2.24, 2.45) is 0 Å². The maximum atomic E-state index is 13.2. The van der Waals surface area contributed by atoms with Crippen LogP contribution in [0.25, 0.3) is 0 Å². The summed E-state index contributed by atoms with van der Waals surface area (Å²) in [5, 5.41) is 0.704. The zero-order chi connectivity index (χ0) is 20.2. The molecular weight excluding hydrogens is 390 g/mol. The number of ether oxygens (including phenoxy) is 1. The average molecular weight is 414 g/mol. The highest BCUT2D eigenvalue weighted by molar-refractivity contribution is 6.30. The van der Waals surface area contributed by atoms with Crippen LogP contribution in [0.5, 0.6) is 0 Å². The second-order valence-corrected chi connectivity index (χ2v) is 7.77. The van der Waals surface area contributed by atoms with Crippen molar-refractivity contribution in [1.82, 2.24) is 9.80 Å². The number of morpholine rings is 1. The van der Waals surface area contributed by atoms with Gasteiger partial charge in [0.1, 0.15) is 12.6 Å². The number of amides is 2. The Balaban J connectivity index is 1.42. The van der Waals surface area contributed by atoms with E-state index in [1.54, 1.807) is 4.90 Å². The van der Waals surface area contributed by atoms with E-state index in [2.05, 4.69) is 4.90 Å². The van der Waals surface area contributed by atoms with Crippen molar-refractivity contribution in [3.8, 4) is 0 Å². The van der Waals surface area contributed by atoms with E-state index in [0.29, 0.717) is 24.7 Å². The van der Waals surface area contributed by atoms with Crippen molar-refractivity contribution in [1.29, 1.82) is 0 Å². The van der Waals surface area contributed by atoms with Gasteiger partial charge < -0.3 is 19.4 Å². The number of piperazine rings is 1. The maximum absolute atomic E-state index is 13.2. The molecule has 0 radical (unpaired) electrons. The molecular formula is C22H24ClN3O3. The fourth-order valence-corrected chi connectivity index (χ4v) is 4.04. The molecule has 1 atom stereocenters. The quantitative estimate of drug-likeness (QED) is 0.772. The zero-order valence-electron chi connectivity index (χ0n) is 16.2. The van der Waals surface area contributed by atoms with E-state index < -0.39 is 6.04 Å². The Hall–Kier alpha value is -2.57. The van der Waals surface area contributed by atoms with Gasteiger partial charge in [-0.15, -0.1) is 0 Å². The summed E-state index contributed by atoms with van der Waals surface area (Å²) in [6.07, 6.45) is 0. The first-order valence-electron chi connectivity index (χ1n) is 9.82. The summed E-state index contributed by atoms with van der Waals surface area (Å²) in [5.41, 5.74) is 2.07. The minimum atomic E-state index is -0.575. The van der Waals surface area contributed by atoms with E-state index >= 15 is 0 Å². The number of hydrogen-bond donors (Lipinski definition) is 0. The summed E-state index contributed by atoms with van der Waals surface area (Å²) >= 11 is 6.10. The van der Waals surface area contributed by atoms with Crippen molar-refractivity contribution in [3.05, 3.63) is 65.2 Å². The van der Waals surface area contributed by atoms with Crippen LogP contribution in [0.1, 0.15) is 5.56 Å². The molecule has 152 valence electrons. The monoisotopic (exact) mass is 413 g/mol. The number of rotatable bonds is 4. The van der Waals surface area contributed by atoms with E-state index in [9.17, 15) is 9.59 Å². The summed E-state index contributed by atoms with van der Waals surface area (Å²) in [6.45, 7) is 3.36. The lowest BCUT2D eigenvalue weighted by Gasteiger charge is -2.41. The predicted molar refractivity (Wildman–Crippen MR) is 112 cm³/mol. The van der Waals surface area contributed by atoms with Crippen molar-refractivity contribution >= 4 is 29.1 Å². The fraction of sp³-hybridized carbons (Fsp3) is 0.364. The highest BCUT2D eigenvalue weighted by Crippen LogP contribution is 2.22. The van der Waals surface area contributed by atoms with Crippen LogP contribution in [0, 0.1) is 0 Å². The first-order valence-corrected chi connectivity index (χ1v) is 10.2. The van der Waals surface area contributed by atoms with Crippen LogP contribution in [0.4, 0.5) is 5.69 Å². The molecule has 6 nitrogen and oxygen atoms in total. The molecule has 2 heterocycles. The van der Waals surface area contributed by atoms with Crippen molar-refractivity contribution in [2.75, 3.05) is 44.3 Å². The van der Waals surface area contributed by atoms with Gasteiger partial charge in [-0.25, -0.2) is 0 Å². The van der Waals surface area contributed by atoms with Crippen LogP contribution < -0.4 is 4.90 Å². The van der Waals surface area contributed by atoms with Gasteiger partial charge in [0.2, 0.25) is 11.8 Å². The van der Waals surface area contributed by atoms with Crippen LogP contribution in [0.15, 0.2) is 54.6 Å². The average Bonchev–Trinajstić information content (AvgIpc) is 2.75. The van der Waals surface area contributed by atoms with E-state index in [1.165, 1.54) is 0 Å². The molecule has 4 rings (SSSR count). The molecule has 2 aromatic carbocycles. The zero-order valence-corrected chi connectivity index (χ0v) is 16.9. The van der Waals surface area contributed by atoms with Gasteiger partial charge in [0.05, 0.1) is 6.61 Å². The number of hydrogen-bond acceptors (Lipinski definition) is 4. The third-order valence-electron chi connectivity index (χ3n) is 5.44. The SMILES string of the molecule is O=C([C@@H]1COCC(=O)N1Cc1ccccc1)N1CCN(c2cccc(Cl)c2)CC1. The molecule has 2 aliphatic rings. The van der Waals surface area contributed by atoms with Gasteiger partial charge in [-0.3, -0.25) is 9.59 Å². The molecule has 0 bridgehead atoms. The molecule has 0 aliphatic carbocycles. The number of halogens is 1. The van der Waals surface area contributed by atoms with Gasteiger partial charge in [-0.2, -0.15) is 0 Å². The van der Waals surface area contributed by atoms with Crippen molar-refractivity contribution in [3.63, 3.8) is 0 Å². The van der Waals surface area contributed by atoms with E-state index in [0.717, 1.165) is 24.3 Å². The molecule has 0 unspecified atom stereocenters. The van der Waals surface area contributed by atoms with E-state index in [4.69, 9.17) is 16.3 Å². The summed E-state index contributed by atoms with van der Waals surface area (Å²) in [5.74, 6) is -0.184. The Morgan fingerprint density at radius 1 is 1.03 bits per heavy atom. The number of anilines is 1.